The van der Waals surface area contributed by atoms with Gasteiger partial charge < -0.3 is 5.32 Å². The molecule has 0 aromatic carbocycles. The Morgan fingerprint density at radius 2 is 2.13 bits per heavy atom. The highest BCUT2D eigenvalue weighted by Gasteiger charge is 2.39. The van der Waals surface area contributed by atoms with Gasteiger partial charge in [-0.1, -0.05) is 11.6 Å². The molecule has 0 aliphatic heterocycles. The molecule has 0 aliphatic carbocycles. The highest BCUT2D eigenvalue weighted by atomic mass is 35.5. The smallest absolute Gasteiger partial charge is 0.343 e. The Bertz CT molecular complexity index is 722. The maximum absolute atomic E-state index is 12.8. The first-order chi connectivity index (χ1) is 10.7. The van der Waals surface area contributed by atoms with Gasteiger partial charge in [-0.15, -0.1) is 0 Å². The van der Waals surface area contributed by atoms with Gasteiger partial charge in [-0.05, 0) is 19.9 Å². The zero-order valence-corrected chi connectivity index (χ0v) is 13.4. The lowest BCUT2D eigenvalue weighted by molar-refractivity contribution is -0.141. The molecule has 0 aliphatic rings. The number of alkyl halides is 3. The molecule has 0 spiro atoms. The van der Waals surface area contributed by atoms with Crippen molar-refractivity contribution in [3.63, 3.8) is 0 Å². The number of hydrogen-bond acceptors (Lipinski definition) is 3. The number of halogens is 4. The predicted octanol–water partition coefficient (Wildman–Crippen LogP) is 2.80. The number of nitrogens with one attached hydrogen (secondary N) is 1. The molecule has 10 heteroatoms. The van der Waals surface area contributed by atoms with E-state index in [9.17, 15) is 18.0 Å². The molecule has 1 atom stereocenters. The summed E-state index contributed by atoms with van der Waals surface area (Å²) in [7, 11) is 1.23. The minimum atomic E-state index is -4.72. The fraction of sp³-hybridized carbons (Fsp3) is 0.462. The second kappa shape index (κ2) is 6.23. The monoisotopic (exact) mass is 349 g/mol. The molecule has 23 heavy (non-hydrogen) atoms. The van der Waals surface area contributed by atoms with Crippen molar-refractivity contribution >= 4 is 17.5 Å². The molecule has 126 valence electrons. The maximum Gasteiger partial charge on any atom is 0.436 e. The lowest BCUT2D eigenvalue weighted by Crippen LogP contribution is -2.30. The van der Waals surface area contributed by atoms with Crippen LogP contribution in [0.3, 0.4) is 0 Å². The van der Waals surface area contributed by atoms with Gasteiger partial charge in [0.15, 0.2) is 5.69 Å². The van der Waals surface area contributed by atoms with Crippen LogP contribution in [0.15, 0.2) is 12.3 Å². The second-order valence-electron chi connectivity index (χ2n) is 4.90. The van der Waals surface area contributed by atoms with Crippen LogP contribution < -0.4 is 5.32 Å². The van der Waals surface area contributed by atoms with Gasteiger partial charge in [0.05, 0.1) is 11.7 Å². The minimum Gasteiger partial charge on any atom is -0.343 e. The largest absolute Gasteiger partial charge is 0.436 e. The van der Waals surface area contributed by atoms with Crippen LogP contribution >= 0.6 is 11.6 Å². The minimum absolute atomic E-state index is 0.339. The summed E-state index contributed by atoms with van der Waals surface area (Å²) in [4.78, 5) is 12.3. The number of carbonyl (C=O) groups excluding carboxylic acids is 1. The van der Waals surface area contributed by atoms with E-state index in [1.54, 1.807) is 23.9 Å². The highest BCUT2D eigenvalue weighted by molar-refractivity contribution is 6.34. The Labute approximate surface area is 135 Å². The lowest BCUT2D eigenvalue weighted by Gasteiger charge is -2.15. The van der Waals surface area contributed by atoms with Crippen LogP contribution in [-0.2, 0) is 19.8 Å². The van der Waals surface area contributed by atoms with Gasteiger partial charge in [-0.25, -0.2) is 0 Å². The van der Waals surface area contributed by atoms with E-state index in [0.29, 0.717) is 6.54 Å². The fourth-order valence-corrected chi connectivity index (χ4v) is 2.59. The first-order valence-corrected chi connectivity index (χ1v) is 7.16. The molecule has 1 N–H and O–H groups in total. The van der Waals surface area contributed by atoms with Crippen LogP contribution in [0.4, 0.5) is 13.2 Å². The molecule has 0 fully saturated rings. The fourth-order valence-electron chi connectivity index (χ4n) is 2.24. The third-order valence-electron chi connectivity index (χ3n) is 3.31. The van der Waals surface area contributed by atoms with Crippen molar-refractivity contribution in [1.82, 2.24) is 24.9 Å². The molecule has 6 nitrogen and oxygen atoms in total. The Morgan fingerprint density at radius 1 is 1.48 bits per heavy atom. The summed E-state index contributed by atoms with van der Waals surface area (Å²) >= 11 is 5.69. The van der Waals surface area contributed by atoms with Crippen molar-refractivity contribution in [3.05, 3.63) is 34.4 Å². The quantitative estimate of drug-likeness (QED) is 0.923. The van der Waals surface area contributed by atoms with E-state index in [2.05, 4.69) is 15.5 Å². The van der Waals surface area contributed by atoms with Crippen molar-refractivity contribution in [2.24, 2.45) is 7.05 Å². The van der Waals surface area contributed by atoms with Crippen LogP contribution in [0.2, 0.25) is 5.02 Å². The summed E-state index contributed by atoms with van der Waals surface area (Å²) in [5.41, 5.74) is -0.887. The van der Waals surface area contributed by atoms with Crippen LogP contribution in [0.1, 0.15) is 41.8 Å². The molecule has 2 aromatic rings. The average Bonchev–Trinajstić information content (AvgIpc) is 3.02. The Balaban J connectivity index is 2.27. The normalized spacial score (nSPS) is 13.2. The van der Waals surface area contributed by atoms with Gasteiger partial charge in [0.1, 0.15) is 10.7 Å². The molecule has 0 bridgehead atoms. The third kappa shape index (κ3) is 3.34. The molecule has 2 heterocycles. The molecule has 1 amide bonds. The third-order valence-corrected chi connectivity index (χ3v) is 3.67. The van der Waals surface area contributed by atoms with Crippen LogP contribution in [0.25, 0.3) is 0 Å². The van der Waals surface area contributed by atoms with Crippen LogP contribution in [0, 0.1) is 0 Å². The van der Waals surface area contributed by atoms with Gasteiger partial charge in [0.2, 0.25) is 0 Å². The number of hydrogen-bond donors (Lipinski definition) is 1. The Hall–Kier alpha value is -2.03. The Kier molecular flexibility index (Phi) is 4.69. The number of aryl methyl sites for hydroxylation is 2. The lowest BCUT2D eigenvalue weighted by atomic mass is 10.2. The molecule has 0 saturated heterocycles. The van der Waals surface area contributed by atoms with Crippen LogP contribution in [-0.4, -0.2) is 25.5 Å². The molecular weight excluding hydrogens is 335 g/mol. The van der Waals surface area contributed by atoms with Crippen molar-refractivity contribution in [1.29, 1.82) is 0 Å². The number of rotatable bonds is 4. The SMILES string of the molecule is CCn1nccc1C(C)NC(=O)c1c(Cl)c(C(F)(F)F)nn1C. The summed E-state index contributed by atoms with van der Waals surface area (Å²) in [5, 5.41) is 9.26. The summed E-state index contributed by atoms with van der Waals surface area (Å²) in [6, 6.07) is 1.27. The van der Waals surface area contributed by atoms with Gasteiger partial charge in [0.25, 0.3) is 5.91 Å². The maximum atomic E-state index is 12.8. The Morgan fingerprint density at radius 3 is 2.65 bits per heavy atom. The van der Waals surface area contributed by atoms with Crippen molar-refractivity contribution in [2.45, 2.75) is 32.6 Å². The number of carbonyl (C=O) groups is 1. The van der Waals surface area contributed by atoms with Crippen molar-refractivity contribution in [3.8, 4) is 0 Å². The van der Waals surface area contributed by atoms with Gasteiger partial charge in [-0.2, -0.15) is 23.4 Å². The highest BCUT2D eigenvalue weighted by Crippen LogP contribution is 2.35. The molecule has 1 unspecified atom stereocenters. The molecule has 2 aromatic heterocycles. The number of aromatic nitrogens is 4. The first-order valence-electron chi connectivity index (χ1n) is 6.79. The van der Waals surface area contributed by atoms with E-state index >= 15 is 0 Å². The summed E-state index contributed by atoms with van der Waals surface area (Å²) in [5.74, 6) is -0.739. The number of nitrogens with zero attached hydrogens (tertiary/aromatic N) is 4. The van der Waals surface area contributed by atoms with E-state index in [-0.39, 0.29) is 5.69 Å². The summed E-state index contributed by atoms with van der Waals surface area (Å²) < 4.78 is 40.9. The molecule has 0 saturated carbocycles. The predicted molar refractivity (Wildman–Crippen MR) is 77.0 cm³/mol. The molecule has 2 rings (SSSR count). The van der Waals surface area contributed by atoms with Gasteiger partial charge in [-0.3, -0.25) is 14.2 Å². The number of amides is 1. The van der Waals surface area contributed by atoms with E-state index in [4.69, 9.17) is 11.6 Å². The summed E-state index contributed by atoms with van der Waals surface area (Å²) in [6.45, 7) is 4.20. The van der Waals surface area contributed by atoms with Gasteiger partial charge >= 0.3 is 6.18 Å². The zero-order chi connectivity index (χ0) is 17.4. The van der Waals surface area contributed by atoms with E-state index < -0.39 is 28.8 Å². The first kappa shape index (κ1) is 17.3. The standard InChI is InChI=1S/C13H15ClF3N5O/c1-4-22-8(5-6-18-22)7(2)19-12(23)10-9(14)11(13(15,16)17)20-21(10)3/h5-7H,4H2,1-3H3,(H,19,23). The molecular formula is C13H15ClF3N5O. The van der Waals surface area contributed by atoms with Gasteiger partial charge in [0, 0.05) is 19.8 Å². The van der Waals surface area contributed by atoms with Crippen LogP contribution in [0.5, 0.6) is 0 Å². The van der Waals surface area contributed by atoms with E-state index in [0.717, 1.165) is 10.4 Å². The van der Waals surface area contributed by atoms with E-state index in [1.807, 2.05) is 6.92 Å². The van der Waals surface area contributed by atoms with Crippen molar-refractivity contribution in [2.75, 3.05) is 0 Å². The summed E-state index contributed by atoms with van der Waals surface area (Å²) in [6.07, 6.45) is -3.14. The van der Waals surface area contributed by atoms with E-state index in [1.165, 1.54) is 7.05 Å². The molecule has 0 radical (unpaired) electrons. The van der Waals surface area contributed by atoms with Crippen molar-refractivity contribution < 1.29 is 18.0 Å². The zero-order valence-electron chi connectivity index (χ0n) is 12.6. The second-order valence-corrected chi connectivity index (χ2v) is 5.28. The topological polar surface area (TPSA) is 64.7 Å². The average molecular weight is 350 g/mol.